The first-order valence-corrected chi connectivity index (χ1v) is 8.06. The molecule has 0 radical (unpaired) electrons. The summed E-state index contributed by atoms with van der Waals surface area (Å²) in [5, 5.41) is 10.4. The van der Waals surface area contributed by atoms with Crippen molar-refractivity contribution >= 4 is 5.78 Å². The molecule has 4 heteroatoms. The molecule has 4 nitrogen and oxygen atoms in total. The maximum Gasteiger partial charge on any atom is 0.143 e. The van der Waals surface area contributed by atoms with Crippen LogP contribution in [0.4, 0.5) is 0 Å². The summed E-state index contributed by atoms with van der Waals surface area (Å²) in [5.74, 6) is 0.119. The highest BCUT2D eigenvalue weighted by atomic mass is 16.5. The van der Waals surface area contributed by atoms with E-state index in [1.165, 1.54) is 19.8 Å². The fourth-order valence-corrected chi connectivity index (χ4v) is 3.17. The second kappa shape index (κ2) is 6.82. The van der Waals surface area contributed by atoms with E-state index in [-0.39, 0.29) is 17.6 Å². The number of phenols is 1. The fraction of sp³-hybridized carbons (Fsp3) is 0.368. The molecular weight excluding hydrogens is 290 g/mol. The van der Waals surface area contributed by atoms with Crippen LogP contribution in [-0.4, -0.2) is 22.0 Å². The van der Waals surface area contributed by atoms with Gasteiger partial charge in [-0.2, -0.15) is 0 Å². The van der Waals surface area contributed by atoms with Crippen molar-refractivity contribution in [1.29, 1.82) is 0 Å². The van der Waals surface area contributed by atoms with Crippen LogP contribution in [0.25, 0.3) is 0 Å². The molecule has 1 aliphatic rings. The highest BCUT2D eigenvalue weighted by Crippen LogP contribution is 2.35. The number of carbonyl (C=O) groups excluding carboxylic acids is 1. The third kappa shape index (κ3) is 3.52. The third-order valence-electron chi connectivity index (χ3n) is 4.31. The van der Waals surface area contributed by atoms with E-state index in [0.29, 0.717) is 17.0 Å². The molecule has 1 atom stereocenters. The standard InChI is InChI=1S/C19H21NO3/c1-13(21)19(17-8-4-5-11-20-17)16-10-9-15(12-18(16)22)23-14-6-2-3-7-14/h4-5,8-12,14,19,22H,2-3,6-7H2,1H3. The van der Waals surface area contributed by atoms with Gasteiger partial charge in [0.15, 0.2) is 0 Å². The van der Waals surface area contributed by atoms with E-state index in [4.69, 9.17) is 4.74 Å². The molecule has 0 bridgehead atoms. The van der Waals surface area contributed by atoms with Crippen LogP contribution in [0.2, 0.25) is 0 Å². The van der Waals surface area contributed by atoms with Crippen molar-refractivity contribution < 1.29 is 14.6 Å². The Bertz CT molecular complexity index is 678. The number of hydrogen-bond donors (Lipinski definition) is 1. The number of rotatable bonds is 5. The van der Waals surface area contributed by atoms with Gasteiger partial charge in [0.2, 0.25) is 0 Å². The highest BCUT2D eigenvalue weighted by molar-refractivity contribution is 5.87. The second-order valence-corrected chi connectivity index (χ2v) is 6.04. The summed E-state index contributed by atoms with van der Waals surface area (Å²) in [5.41, 5.74) is 1.20. The molecule has 2 aromatic rings. The molecule has 3 rings (SSSR count). The Morgan fingerprint density at radius 3 is 2.65 bits per heavy atom. The largest absolute Gasteiger partial charge is 0.507 e. The second-order valence-electron chi connectivity index (χ2n) is 6.04. The van der Waals surface area contributed by atoms with Gasteiger partial charge in [0.25, 0.3) is 0 Å². The lowest BCUT2D eigenvalue weighted by Gasteiger charge is -2.18. The van der Waals surface area contributed by atoms with E-state index in [1.54, 1.807) is 30.5 Å². The van der Waals surface area contributed by atoms with E-state index in [2.05, 4.69) is 4.98 Å². The maximum absolute atomic E-state index is 12.1. The van der Waals surface area contributed by atoms with Gasteiger partial charge >= 0.3 is 0 Å². The van der Waals surface area contributed by atoms with E-state index < -0.39 is 5.92 Å². The molecule has 1 aromatic heterocycles. The van der Waals surface area contributed by atoms with E-state index in [0.717, 1.165) is 12.8 Å². The summed E-state index contributed by atoms with van der Waals surface area (Å²) >= 11 is 0. The summed E-state index contributed by atoms with van der Waals surface area (Å²) in [7, 11) is 0. The Morgan fingerprint density at radius 1 is 1.26 bits per heavy atom. The average Bonchev–Trinajstić information content (AvgIpc) is 3.03. The zero-order valence-corrected chi connectivity index (χ0v) is 13.2. The van der Waals surface area contributed by atoms with Gasteiger partial charge in [0.05, 0.1) is 17.7 Å². The number of nitrogens with zero attached hydrogens (tertiary/aromatic N) is 1. The Hall–Kier alpha value is -2.36. The molecule has 1 N–H and O–H groups in total. The smallest absolute Gasteiger partial charge is 0.143 e. The molecule has 1 aliphatic carbocycles. The summed E-state index contributed by atoms with van der Waals surface area (Å²) in [6, 6.07) is 10.6. The molecule has 1 unspecified atom stereocenters. The van der Waals surface area contributed by atoms with Gasteiger partial charge in [0, 0.05) is 17.8 Å². The minimum absolute atomic E-state index is 0.0524. The van der Waals surface area contributed by atoms with E-state index >= 15 is 0 Å². The minimum Gasteiger partial charge on any atom is -0.507 e. The first-order valence-electron chi connectivity index (χ1n) is 8.06. The van der Waals surface area contributed by atoms with Crippen LogP contribution in [0.15, 0.2) is 42.6 Å². The van der Waals surface area contributed by atoms with Crippen LogP contribution in [0.5, 0.6) is 11.5 Å². The van der Waals surface area contributed by atoms with Gasteiger partial charge in [-0.15, -0.1) is 0 Å². The molecule has 120 valence electrons. The molecule has 0 saturated heterocycles. The lowest BCUT2D eigenvalue weighted by molar-refractivity contribution is -0.117. The first-order chi connectivity index (χ1) is 11.1. The normalized spacial score (nSPS) is 16.2. The Morgan fingerprint density at radius 2 is 2.04 bits per heavy atom. The maximum atomic E-state index is 12.1. The predicted molar refractivity (Wildman–Crippen MR) is 87.8 cm³/mol. The van der Waals surface area contributed by atoms with Gasteiger partial charge in [-0.1, -0.05) is 12.1 Å². The van der Waals surface area contributed by atoms with Crippen molar-refractivity contribution in [3.8, 4) is 11.5 Å². The Kier molecular flexibility index (Phi) is 4.60. The summed E-state index contributed by atoms with van der Waals surface area (Å²) in [6.07, 6.45) is 6.40. The number of pyridine rings is 1. The van der Waals surface area contributed by atoms with Gasteiger partial charge < -0.3 is 9.84 Å². The fourth-order valence-electron chi connectivity index (χ4n) is 3.17. The van der Waals surface area contributed by atoms with Crippen LogP contribution >= 0.6 is 0 Å². The van der Waals surface area contributed by atoms with E-state index in [1.807, 2.05) is 12.1 Å². The van der Waals surface area contributed by atoms with Crippen molar-refractivity contribution in [3.05, 3.63) is 53.9 Å². The monoisotopic (exact) mass is 311 g/mol. The molecule has 1 heterocycles. The number of aromatic hydroxyl groups is 1. The third-order valence-corrected chi connectivity index (χ3v) is 4.31. The van der Waals surface area contributed by atoms with Gasteiger partial charge in [0.1, 0.15) is 17.3 Å². The molecule has 1 saturated carbocycles. The van der Waals surface area contributed by atoms with Crippen LogP contribution in [-0.2, 0) is 4.79 Å². The first kappa shape index (κ1) is 15.5. The summed E-state index contributed by atoms with van der Waals surface area (Å²) < 4.78 is 5.90. The lowest BCUT2D eigenvalue weighted by atomic mass is 9.91. The average molecular weight is 311 g/mol. The lowest BCUT2D eigenvalue weighted by Crippen LogP contribution is -2.13. The number of ketones is 1. The van der Waals surface area contributed by atoms with Crippen molar-refractivity contribution in [1.82, 2.24) is 4.98 Å². The Balaban J connectivity index is 1.87. The summed E-state index contributed by atoms with van der Waals surface area (Å²) in [6.45, 7) is 1.52. The number of ether oxygens (including phenoxy) is 1. The number of hydrogen-bond acceptors (Lipinski definition) is 4. The molecular formula is C19H21NO3. The molecule has 0 spiro atoms. The number of benzene rings is 1. The summed E-state index contributed by atoms with van der Waals surface area (Å²) in [4.78, 5) is 16.3. The Labute approximate surface area is 136 Å². The van der Waals surface area contributed by atoms with Crippen LogP contribution < -0.4 is 4.74 Å². The quantitative estimate of drug-likeness (QED) is 0.911. The highest BCUT2D eigenvalue weighted by Gasteiger charge is 2.24. The van der Waals surface area contributed by atoms with Crippen LogP contribution in [0.3, 0.4) is 0 Å². The molecule has 0 amide bonds. The topological polar surface area (TPSA) is 59.4 Å². The number of carbonyl (C=O) groups is 1. The number of Topliss-reactive ketones (excluding diaryl/α,β-unsaturated/α-hetero) is 1. The van der Waals surface area contributed by atoms with Crippen molar-refractivity contribution in [2.45, 2.75) is 44.6 Å². The molecule has 0 aliphatic heterocycles. The van der Waals surface area contributed by atoms with Gasteiger partial charge in [-0.25, -0.2) is 0 Å². The molecule has 1 fully saturated rings. The van der Waals surface area contributed by atoms with Crippen molar-refractivity contribution in [2.75, 3.05) is 0 Å². The van der Waals surface area contributed by atoms with Crippen LogP contribution in [0.1, 0.15) is 49.8 Å². The SMILES string of the molecule is CC(=O)C(c1ccccn1)c1ccc(OC2CCCC2)cc1O. The molecule has 23 heavy (non-hydrogen) atoms. The predicted octanol–water partition coefficient (Wildman–Crippen LogP) is 3.83. The van der Waals surface area contributed by atoms with Gasteiger partial charge in [-0.3, -0.25) is 9.78 Å². The number of aromatic nitrogens is 1. The van der Waals surface area contributed by atoms with E-state index in [9.17, 15) is 9.90 Å². The van der Waals surface area contributed by atoms with Gasteiger partial charge in [-0.05, 0) is 50.8 Å². The zero-order valence-electron chi connectivity index (χ0n) is 13.2. The zero-order chi connectivity index (χ0) is 16.2. The minimum atomic E-state index is -0.559. The van der Waals surface area contributed by atoms with Crippen molar-refractivity contribution in [2.24, 2.45) is 0 Å². The molecule has 1 aromatic carbocycles. The van der Waals surface area contributed by atoms with Crippen molar-refractivity contribution in [3.63, 3.8) is 0 Å². The number of phenolic OH excluding ortho intramolecular Hbond substituents is 1. The van der Waals surface area contributed by atoms with Crippen LogP contribution in [0, 0.1) is 0 Å².